The van der Waals surface area contributed by atoms with Crippen molar-refractivity contribution in [1.29, 1.82) is 0 Å². The first kappa shape index (κ1) is 75.7. The van der Waals surface area contributed by atoms with E-state index in [0.717, 1.165) is 112 Å². The van der Waals surface area contributed by atoms with E-state index in [1.54, 1.807) is 67.6 Å². The fourth-order valence-electron chi connectivity index (χ4n) is 11.8. The third-order valence-corrected chi connectivity index (χ3v) is 17.9. The highest BCUT2D eigenvalue weighted by Gasteiger charge is 2.21. The minimum atomic E-state index is -2.77. The minimum Gasteiger partial charge on any atom is -0.755 e. The standard InChI is InChI=1S/C28H33N7O4S.C28H32N6O2.C25H22N2O2/c1-4-34(5-2)15-9-14-29-27-30-19(3)31-28(33-27)35(40(38)39)23-13-8-12-22(18-23)32-26(37)24-16-20-10-6-7-11-21(20)17-25(24)36;1-4-34(5-2)16-8-15-29-28-31-19(3)30-26(33-28)20-11-13-23(14-12-20)32-27(36)24-17-21-9-6-7-10-22(21)18-25(24)35;1-16-11-17(2)13-22(12-16)26-20-7-9-21(10-8-20)27-25(29)23-14-18-5-3-4-6-19(18)15-24(23)28/h6-8,10-13,16-18,36H,4-5,9,14-15H2,1-3H3,(H,32,37)(H,38,39)(H,29,30,31,33);6-7,9-14,17-18,35H,4-5,8,15-16H2,1-3H3,(H,32,36)(H,29,30,31,33);3-15,26,28H,1-2H3,(H,27,29)/p-1. The van der Waals surface area contributed by atoms with Gasteiger partial charge >= 0.3 is 0 Å². The SMILES string of the molecule is CCN(CC)CCCNc1nc(C)nc(-c2ccc(NC(=O)c3cc4ccccc4cc3O)cc2)n1.CCN(CC)CCCNc1nc(C)nc(N(c2cccc(NC(=O)c3cc4ccccc4cc3O)c2)S(=O)[O-])n1.Cc1cc(C)cc(Nc2ccc(NC(=O)c3cc4ccccc4cc3O)cc2)c1. The van der Waals surface area contributed by atoms with Crippen molar-refractivity contribution in [1.82, 2.24) is 39.7 Å². The number of amides is 3. The number of fused-ring (bicyclic) bond motifs is 3. The highest BCUT2D eigenvalue weighted by atomic mass is 32.2. The molecule has 0 aliphatic carbocycles. The molecule has 12 rings (SSSR count). The van der Waals surface area contributed by atoms with Gasteiger partial charge in [-0.1, -0.05) is 113 Å². The maximum absolute atomic E-state index is 13.0. The summed E-state index contributed by atoms with van der Waals surface area (Å²) in [5, 5.41) is 54.4. The van der Waals surface area contributed by atoms with Gasteiger partial charge in [0, 0.05) is 47.1 Å². The molecule has 0 fully saturated rings. The molecule has 0 aliphatic rings. The maximum Gasteiger partial charge on any atom is 0.259 e. The molecule has 0 bridgehead atoms. The van der Waals surface area contributed by atoms with Crippen LogP contribution in [0.4, 0.5) is 52.0 Å². The topological polar surface area (TPSA) is 311 Å². The van der Waals surface area contributed by atoms with E-state index in [2.05, 4.69) is 131 Å². The van der Waals surface area contributed by atoms with Crippen LogP contribution in [0.5, 0.6) is 17.2 Å². The number of carbonyl (C=O) groups is 3. The second kappa shape index (κ2) is 36.3. The van der Waals surface area contributed by atoms with Crippen LogP contribution >= 0.6 is 0 Å². The number of hydrogen-bond acceptors (Lipinski definition) is 19. The number of nitrogens with one attached hydrogen (secondary N) is 6. The van der Waals surface area contributed by atoms with Crippen molar-refractivity contribution in [3.05, 3.63) is 240 Å². The second-order valence-corrected chi connectivity index (χ2v) is 25.7. The van der Waals surface area contributed by atoms with Crippen LogP contribution in [0, 0.1) is 27.7 Å². The van der Waals surface area contributed by atoms with Crippen molar-refractivity contribution in [3.8, 4) is 28.6 Å². The number of aryl methyl sites for hydroxylation is 4. The van der Waals surface area contributed by atoms with Crippen LogP contribution < -0.4 is 36.2 Å². The van der Waals surface area contributed by atoms with Crippen molar-refractivity contribution in [2.45, 2.75) is 68.2 Å². The fraction of sp³-hybridized carbons (Fsp3) is 0.222. The molecular weight excluding hydrogens is 1340 g/mol. The lowest BCUT2D eigenvalue weighted by molar-refractivity contribution is 0.101. The van der Waals surface area contributed by atoms with Gasteiger partial charge in [0.1, 0.15) is 28.9 Å². The van der Waals surface area contributed by atoms with Crippen LogP contribution in [0.2, 0.25) is 0 Å². The molecule has 23 nitrogen and oxygen atoms in total. The summed E-state index contributed by atoms with van der Waals surface area (Å²) in [5.74, 6) is 0.793. The molecule has 105 heavy (non-hydrogen) atoms. The molecule has 0 aliphatic heterocycles. The molecule has 2 aromatic heterocycles. The van der Waals surface area contributed by atoms with Gasteiger partial charge < -0.3 is 61.6 Å². The Labute approximate surface area is 613 Å². The van der Waals surface area contributed by atoms with E-state index >= 15 is 0 Å². The lowest BCUT2D eigenvalue weighted by atomic mass is 10.1. The second-order valence-electron chi connectivity index (χ2n) is 24.9. The highest BCUT2D eigenvalue weighted by Crippen LogP contribution is 2.32. The van der Waals surface area contributed by atoms with Crippen molar-refractivity contribution >= 4 is 113 Å². The van der Waals surface area contributed by atoms with Crippen molar-refractivity contribution < 1.29 is 38.5 Å². The predicted molar refractivity (Wildman–Crippen MR) is 420 cm³/mol. The van der Waals surface area contributed by atoms with Gasteiger partial charge in [0.2, 0.25) is 17.8 Å². The van der Waals surface area contributed by atoms with Crippen molar-refractivity contribution in [2.24, 2.45) is 0 Å². The Hall–Kier alpha value is -12.0. The Bertz CT molecular complexity index is 5020. The zero-order valence-electron chi connectivity index (χ0n) is 59.9. The van der Waals surface area contributed by atoms with Crippen molar-refractivity contribution in [3.63, 3.8) is 0 Å². The summed E-state index contributed by atoms with van der Waals surface area (Å²) in [6, 6.07) is 59.7. The van der Waals surface area contributed by atoms with Gasteiger partial charge in [-0.3, -0.25) is 18.6 Å². The summed E-state index contributed by atoms with van der Waals surface area (Å²) < 4.78 is 25.6. The molecule has 0 saturated heterocycles. The Balaban J connectivity index is 0.000000171. The molecule has 10 aromatic carbocycles. The lowest BCUT2D eigenvalue weighted by Gasteiger charge is -2.25. The van der Waals surface area contributed by atoms with E-state index in [1.807, 2.05) is 116 Å². The number of phenols is 3. The molecule has 24 heteroatoms. The Morgan fingerprint density at radius 1 is 0.419 bits per heavy atom. The summed E-state index contributed by atoms with van der Waals surface area (Å²) >= 11 is -2.77. The van der Waals surface area contributed by atoms with Crippen LogP contribution in [0.25, 0.3) is 43.7 Å². The average molecular weight is 1430 g/mol. The Morgan fingerprint density at radius 3 is 1.26 bits per heavy atom. The molecule has 3 amide bonds. The van der Waals surface area contributed by atoms with Gasteiger partial charge in [0.15, 0.2) is 5.82 Å². The van der Waals surface area contributed by atoms with Gasteiger partial charge in [-0.05, 0) is 239 Å². The van der Waals surface area contributed by atoms with Gasteiger partial charge in [0.25, 0.3) is 17.7 Å². The van der Waals surface area contributed by atoms with Crippen LogP contribution in [0.3, 0.4) is 0 Å². The first-order valence-corrected chi connectivity index (χ1v) is 35.8. The first-order chi connectivity index (χ1) is 50.7. The highest BCUT2D eigenvalue weighted by molar-refractivity contribution is 7.81. The predicted octanol–water partition coefficient (Wildman–Crippen LogP) is 15.6. The number of nitrogens with zero attached hydrogens (tertiary/aromatic N) is 9. The third-order valence-electron chi connectivity index (χ3n) is 17.2. The van der Waals surface area contributed by atoms with E-state index in [0.29, 0.717) is 47.0 Å². The normalized spacial score (nSPS) is 11.3. The van der Waals surface area contributed by atoms with Gasteiger partial charge in [-0.25, -0.2) is 9.29 Å². The van der Waals surface area contributed by atoms with Crippen LogP contribution in [-0.4, -0.2) is 134 Å². The number of benzene rings is 10. The summed E-state index contributed by atoms with van der Waals surface area (Å²) in [6.45, 7) is 23.6. The zero-order chi connectivity index (χ0) is 74.5. The quantitative estimate of drug-likeness (QED) is 0.0180. The molecule has 1 atom stereocenters. The monoisotopic (exact) mass is 1430 g/mol. The number of hydrogen-bond donors (Lipinski definition) is 9. The van der Waals surface area contributed by atoms with Crippen LogP contribution in [0.15, 0.2) is 200 Å². The summed E-state index contributed by atoms with van der Waals surface area (Å²) in [4.78, 5) is 69.5. The number of rotatable bonds is 26. The Kier molecular flexibility index (Phi) is 26.1. The number of aromatic hydroxyl groups is 3. The zero-order valence-corrected chi connectivity index (χ0v) is 60.8. The molecule has 2 heterocycles. The molecule has 0 saturated carbocycles. The molecular formula is C81H86N15O8S-. The molecule has 0 radical (unpaired) electrons. The smallest absolute Gasteiger partial charge is 0.259 e. The maximum atomic E-state index is 13.0. The molecule has 0 spiro atoms. The van der Waals surface area contributed by atoms with E-state index < -0.39 is 17.2 Å². The van der Waals surface area contributed by atoms with Gasteiger partial charge in [-0.15, -0.1) is 0 Å². The van der Waals surface area contributed by atoms with Crippen LogP contribution in [-0.2, 0) is 11.3 Å². The van der Waals surface area contributed by atoms with Crippen molar-refractivity contribution in [2.75, 3.05) is 88.6 Å². The molecule has 1 unspecified atom stereocenters. The third kappa shape index (κ3) is 20.9. The number of anilines is 9. The van der Waals surface area contributed by atoms with E-state index in [4.69, 9.17) is 0 Å². The molecule has 540 valence electrons. The van der Waals surface area contributed by atoms with E-state index in [9.17, 15) is 38.5 Å². The minimum absolute atomic E-state index is 0.0331. The first-order valence-electron chi connectivity index (χ1n) is 34.8. The molecule has 9 N–H and O–H groups in total. The lowest BCUT2D eigenvalue weighted by Crippen LogP contribution is -2.26. The van der Waals surface area contributed by atoms with E-state index in [-0.39, 0.29) is 63.3 Å². The summed E-state index contributed by atoms with van der Waals surface area (Å²) in [7, 11) is 0. The summed E-state index contributed by atoms with van der Waals surface area (Å²) in [6.07, 6.45) is 1.87. The van der Waals surface area contributed by atoms with Gasteiger partial charge in [-0.2, -0.15) is 24.9 Å². The number of phenolic OH excluding ortho intramolecular Hbond substituents is 3. The van der Waals surface area contributed by atoms with Gasteiger partial charge in [0.05, 0.1) is 33.6 Å². The molecule has 12 aromatic rings. The largest absolute Gasteiger partial charge is 0.755 e. The van der Waals surface area contributed by atoms with Crippen LogP contribution in [0.1, 0.15) is 94.4 Å². The number of carbonyl (C=O) groups excluding carboxylic acids is 3. The summed E-state index contributed by atoms with van der Waals surface area (Å²) in [5.41, 5.74) is 7.56. The number of aromatic nitrogens is 6. The average Bonchev–Trinajstić information content (AvgIpc) is 0.811. The fourth-order valence-corrected chi connectivity index (χ4v) is 12.3. The van der Waals surface area contributed by atoms with E-state index in [1.165, 1.54) is 23.3 Å². The Morgan fingerprint density at radius 2 is 0.819 bits per heavy atom.